The van der Waals surface area contributed by atoms with Gasteiger partial charge >= 0.3 is 18.3 Å². The van der Waals surface area contributed by atoms with E-state index in [1.54, 1.807) is 18.2 Å². The van der Waals surface area contributed by atoms with Crippen LogP contribution in [0.3, 0.4) is 0 Å². The fourth-order valence-electron chi connectivity index (χ4n) is 3.45. The van der Waals surface area contributed by atoms with E-state index >= 15 is 0 Å². The number of piperidine rings is 1. The van der Waals surface area contributed by atoms with Gasteiger partial charge in [0.25, 0.3) is 5.60 Å². The number of hydrogen-bond acceptors (Lipinski definition) is 5. The van der Waals surface area contributed by atoms with E-state index in [-0.39, 0.29) is 41.0 Å². The van der Waals surface area contributed by atoms with Crippen LogP contribution in [0.5, 0.6) is 0 Å². The van der Waals surface area contributed by atoms with Gasteiger partial charge in [-0.1, -0.05) is 29.5 Å². The van der Waals surface area contributed by atoms with Gasteiger partial charge in [-0.3, -0.25) is 0 Å². The molecular formula is C18H16F6N2O3S. The summed E-state index contributed by atoms with van der Waals surface area (Å²) in [6.45, 7) is 0.532. The number of rotatable bonds is 4. The number of carboxylic acid groups (broad SMARTS) is 1. The van der Waals surface area contributed by atoms with E-state index in [1.807, 2.05) is 0 Å². The Labute approximate surface area is 170 Å². The number of aromatic nitrogens is 1. The molecule has 0 atom stereocenters. The molecule has 0 saturated carbocycles. The van der Waals surface area contributed by atoms with E-state index in [4.69, 9.17) is 0 Å². The molecule has 30 heavy (non-hydrogen) atoms. The maximum Gasteiger partial charge on any atom is 0.431 e. The summed E-state index contributed by atoms with van der Waals surface area (Å²) in [5, 5.41) is 18.7. The Morgan fingerprint density at radius 3 is 2.17 bits per heavy atom. The normalized spacial score (nSPS) is 16.7. The highest BCUT2D eigenvalue weighted by Crippen LogP contribution is 2.52. The first-order valence-electron chi connectivity index (χ1n) is 8.75. The Morgan fingerprint density at radius 1 is 1.07 bits per heavy atom. The Morgan fingerprint density at radius 2 is 1.63 bits per heavy atom. The van der Waals surface area contributed by atoms with Crippen molar-refractivity contribution in [2.45, 2.75) is 36.7 Å². The fraction of sp³-hybridized carbons (Fsp3) is 0.444. The van der Waals surface area contributed by atoms with E-state index in [0.717, 1.165) is 0 Å². The molecule has 3 rings (SSSR count). The minimum Gasteiger partial charge on any atom is -0.478 e. The fourth-order valence-corrected chi connectivity index (χ4v) is 4.55. The monoisotopic (exact) mass is 454 g/mol. The van der Waals surface area contributed by atoms with Crippen molar-refractivity contribution in [2.75, 3.05) is 18.0 Å². The maximum atomic E-state index is 13.0. The first-order chi connectivity index (χ1) is 13.9. The summed E-state index contributed by atoms with van der Waals surface area (Å²) in [6.07, 6.45) is -10.6. The van der Waals surface area contributed by atoms with E-state index in [1.165, 1.54) is 11.0 Å². The Balaban J connectivity index is 1.78. The summed E-state index contributed by atoms with van der Waals surface area (Å²) in [5.74, 6) is -1.19. The van der Waals surface area contributed by atoms with Crippen LogP contribution in [0.2, 0.25) is 0 Å². The summed E-state index contributed by atoms with van der Waals surface area (Å²) >= 11 is 0.136. The molecule has 2 N–H and O–H groups in total. The molecular weight excluding hydrogens is 438 g/mol. The van der Waals surface area contributed by atoms with Crippen LogP contribution in [0.4, 0.5) is 31.5 Å². The molecule has 1 aromatic carbocycles. The first kappa shape index (κ1) is 22.3. The zero-order valence-electron chi connectivity index (χ0n) is 15.2. The minimum absolute atomic E-state index is 0.0677. The first-order valence-corrected chi connectivity index (χ1v) is 9.57. The number of aromatic carboxylic acids is 1. The lowest BCUT2D eigenvalue weighted by atomic mass is 9.86. The smallest absolute Gasteiger partial charge is 0.431 e. The largest absolute Gasteiger partial charge is 0.478 e. The van der Waals surface area contributed by atoms with E-state index in [2.05, 4.69) is 4.98 Å². The highest BCUT2D eigenvalue weighted by Gasteiger charge is 2.72. The summed E-state index contributed by atoms with van der Waals surface area (Å²) in [7, 11) is 0. The number of halogens is 6. The van der Waals surface area contributed by atoms with Crippen LogP contribution in [0.25, 0.3) is 0 Å². The molecule has 2 aromatic rings. The Hall–Kier alpha value is -2.34. The molecule has 2 heterocycles. The molecule has 0 radical (unpaired) electrons. The van der Waals surface area contributed by atoms with Crippen LogP contribution in [0.15, 0.2) is 30.5 Å². The molecule has 0 spiro atoms. The molecule has 12 heteroatoms. The SMILES string of the molecule is O=C(O)c1ccccc1C1CCN(c2ncc(C(O)(C(F)(F)F)C(F)(F)F)s2)CC1. The number of aliphatic hydroxyl groups is 1. The summed E-state index contributed by atoms with van der Waals surface area (Å²) < 4.78 is 78.2. The second kappa shape index (κ2) is 7.73. The Bertz CT molecular complexity index is 905. The average Bonchev–Trinajstić information content (AvgIpc) is 3.16. The highest BCUT2D eigenvalue weighted by atomic mass is 32.1. The van der Waals surface area contributed by atoms with E-state index < -0.39 is 28.8 Å². The molecule has 1 aliphatic heterocycles. The van der Waals surface area contributed by atoms with Gasteiger partial charge in [-0.25, -0.2) is 9.78 Å². The van der Waals surface area contributed by atoms with Crippen LogP contribution in [-0.4, -0.2) is 46.6 Å². The zero-order chi connectivity index (χ0) is 22.3. The highest BCUT2D eigenvalue weighted by molar-refractivity contribution is 7.15. The molecule has 1 aliphatic rings. The van der Waals surface area contributed by atoms with Gasteiger partial charge in [0.05, 0.1) is 10.4 Å². The van der Waals surface area contributed by atoms with E-state index in [9.17, 15) is 41.4 Å². The third-order valence-corrected chi connectivity index (χ3v) is 6.23. The third-order valence-electron chi connectivity index (χ3n) is 5.07. The number of benzene rings is 1. The number of thiazole rings is 1. The van der Waals surface area contributed by atoms with Crippen molar-refractivity contribution >= 4 is 22.4 Å². The predicted molar refractivity (Wildman–Crippen MR) is 95.7 cm³/mol. The minimum atomic E-state index is -5.96. The molecule has 0 aliphatic carbocycles. The number of carbonyl (C=O) groups is 1. The summed E-state index contributed by atoms with van der Waals surface area (Å²) in [4.78, 5) is 15.2. The number of carboxylic acids is 1. The number of nitrogens with zero attached hydrogens (tertiary/aromatic N) is 2. The second-order valence-electron chi connectivity index (χ2n) is 6.87. The lowest BCUT2D eigenvalue weighted by Crippen LogP contribution is -2.53. The van der Waals surface area contributed by atoms with Gasteiger partial charge in [-0.05, 0) is 30.4 Å². The van der Waals surface area contributed by atoms with Crippen molar-refractivity contribution < 1.29 is 41.4 Å². The summed E-state index contributed by atoms with van der Waals surface area (Å²) in [6, 6.07) is 6.47. The van der Waals surface area contributed by atoms with Gasteiger partial charge < -0.3 is 15.1 Å². The van der Waals surface area contributed by atoms with Crippen molar-refractivity contribution in [1.82, 2.24) is 4.98 Å². The average molecular weight is 454 g/mol. The second-order valence-corrected chi connectivity index (χ2v) is 7.88. The number of anilines is 1. The quantitative estimate of drug-likeness (QED) is 0.664. The molecule has 1 saturated heterocycles. The number of alkyl halides is 6. The zero-order valence-corrected chi connectivity index (χ0v) is 16.0. The summed E-state index contributed by atoms with van der Waals surface area (Å²) in [5.41, 5.74) is -4.20. The van der Waals surface area contributed by atoms with Gasteiger partial charge in [-0.2, -0.15) is 26.3 Å². The maximum absolute atomic E-state index is 13.0. The van der Waals surface area contributed by atoms with Crippen LogP contribution in [0.1, 0.15) is 39.6 Å². The van der Waals surface area contributed by atoms with Crippen LogP contribution < -0.4 is 4.90 Å². The molecule has 164 valence electrons. The molecule has 5 nitrogen and oxygen atoms in total. The van der Waals surface area contributed by atoms with Gasteiger partial charge in [0.2, 0.25) is 0 Å². The van der Waals surface area contributed by atoms with Gasteiger partial charge in [-0.15, -0.1) is 0 Å². The molecule has 0 bridgehead atoms. The van der Waals surface area contributed by atoms with Crippen LogP contribution in [-0.2, 0) is 5.60 Å². The third kappa shape index (κ3) is 3.85. The van der Waals surface area contributed by atoms with Crippen LogP contribution in [0, 0.1) is 0 Å². The van der Waals surface area contributed by atoms with Crippen LogP contribution >= 0.6 is 11.3 Å². The predicted octanol–water partition coefficient (Wildman–Crippen LogP) is 4.54. The molecule has 1 aromatic heterocycles. The van der Waals surface area contributed by atoms with Gasteiger partial charge in [0.15, 0.2) is 5.13 Å². The molecule has 0 amide bonds. The lowest BCUT2D eigenvalue weighted by molar-refractivity contribution is -0.375. The number of hydrogen-bond donors (Lipinski definition) is 2. The molecule has 0 unspecified atom stereocenters. The van der Waals surface area contributed by atoms with Gasteiger partial charge in [0.1, 0.15) is 0 Å². The standard InChI is InChI=1S/C18H16F6N2O3S/c19-17(20,21)16(29,18(22,23)24)13-9-25-15(30-13)26-7-5-10(6-8-26)11-3-1-2-4-12(11)14(27)28/h1-4,9-10,29H,5-8H2,(H,27,28). The lowest BCUT2D eigenvalue weighted by Gasteiger charge is -2.33. The van der Waals surface area contributed by atoms with E-state index in [0.29, 0.717) is 24.6 Å². The van der Waals surface area contributed by atoms with Crippen molar-refractivity contribution in [2.24, 2.45) is 0 Å². The van der Waals surface area contributed by atoms with Crippen molar-refractivity contribution in [3.8, 4) is 0 Å². The van der Waals surface area contributed by atoms with Crippen molar-refractivity contribution in [3.63, 3.8) is 0 Å². The Kier molecular flexibility index (Phi) is 5.76. The topological polar surface area (TPSA) is 73.7 Å². The van der Waals surface area contributed by atoms with Crippen molar-refractivity contribution in [1.29, 1.82) is 0 Å². The van der Waals surface area contributed by atoms with Gasteiger partial charge in [0, 0.05) is 19.3 Å². The molecule has 1 fully saturated rings. The van der Waals surface area contributed by atoms with Crippen molar-refractivity contribution in [3.05, 3.63) is 46.5 Å².